The number of hydrogen-bond donors (Lipinski definition) is 0. The third kappa shape index (κ3) is 4.27. The highest BCUT2D eigenvalue weighted by molar-refractivity contribution is 6.30. The van der Waals surface area contributed by atoms with Gasteiger partial charge < -0.3 is 14.4 Å². The summed E-state index contributed by atoms with van der Waals surface area (Å²) in [6.07, 6.45) is 5.60. The molecular formula is C26H27ClN4O2. The van der Waals surface area contributed by atoms with Crippen LogP contribution in [0.5, 0.6) is 0 Å². The van der Waals surface area contributed by atoms with Crippen LogP contribution in [0.15, 0.2) is 61.1 Å². The van der Waals surface area contributed by atoms with Crippen molar-refractivity contribution in [2.24, 2.45) is 5.92 Å². The molecule has 0 bridgehead atoms. The molecule has 0 saturated carbocycles. The zero-order valence-corrected chi connectivity index (χ0v) is 19.4. The number of benzene rings is 2. The summed E-state index contributed by atoms with van der Waals surface area (Å²) in [5.41, 5.74) is 4.35. The number of aromatic nitrogens is 2. The van der Waals surface area contributed by atoms with Crippen molar-refractivity contribution in [2.75, 3.05) is 31.6 Å². The van der Waals surface area contributed by atoms with Crippen LogP contribution in [0.3, 0.4) is 0 Å². The maximum absolute atomic E-state index is 13.2. The Bertz CT molecular complexity index is 1180. The number of imidazole rings is 1. The molecule has 0 spiro atoms. The molecule has 3 heterocycles. The summed E-state index contributed by atoms with van der Waals surface area (Å²) in [5, 5.41) is 0.652. The molecular weight excluding hydrogens is 436 g/mol. The molecule has 0 N–H and O–H groups in total. The number of carbonyl (C=O) groups is 2. The number of carbonyl (C=O) groups excluding carboxylic acids is 2. The minimum absolute atomic E-state index is 0.000516. The first-order valence-electron chi connectivity index (χ1n) is 11.4. The molecule has 1 unspecified atom stereocenters. The molecule has 1 saturated heterocycles. The van der Waals surface area contributed by atoms with E-state index in [1.807, 2.05) is 65.8 Å². The maximum atomic E-state index is 13.2. The summed E-state index contributed by atoms with van der Waals surface area (Å²) in [6.45, 7) is 1.54. The first-order valence-corrected chi connectivity index (χ1v) is 11.8. The average molecular weight is 463 g/mol. The molecule has 2 aliphatic rings. The van der Waals surface area contributed by atoms with Gasteiger partial charge in [0.1, 0.15) is 5.78 Å². The van der Waals surface area contributed by atoms with Crippen LogP contribution in [0.4, 0.5) is 5.69 Å². The van der Waals surface area contributed by atoms with Gasteiger partial charge in [0.2, 0.25) is 5.91 Å². The topological polar surface area (TPSA) is 58.4 Å². The smallest absolute Gasteiger partial charge is 0.242 e. The van der Waals surface area contributed by atoms with E-state index in [4.69, 9.17) is 11.6 Å². The van der Waals surface area contributed by atoms with Crippen LogP contribution in [-0.4, -0.2) is 52.8 Å². The minimum Gasteiger partial charge on any atom is -0.365 e. The van der Waals surface area contributed by atoms with Gasteiger partial charge in [0, 0.05) is 48.7 Å². The Morgan fingerprint density at radius 1 is 1.12 bits per heavy atom. The lowest BCUT2D eigenvalue weighted by molar-refractivity contribution is -0.134. The lowest BCUT2D eigenvalue weighted by atomic mass is 9.87. The second kappa shape index (κ2) is 9.02. The highest BCUT2D eigenvalue weighted by Gasteiger charge is 2.33. The first kappa shape index (κ1) is 21.7. The number of likely N-dealkylation sites (tertiary alicyclic amines) is 1. The number of hydrogen-bond acceptors (Lipinski definition) is 4. The molecule has 1 amide bonds. The van der Waals surface area contributed by atoms with Crippen LogP contribution >= 0.6 is 11.6 Å². The maximum Gasteiger partial charge on any atom is 0.242 e. The van der Waals surface area contributed by atoms with Crippen molar-refractivity contribution in [2.45, 2.75) is 25.3 Å². The zero-order valence-electron chi connectivity index (χ0n) is 18.7. The Labute approximate surface area is 198 Å². The molecule has 170 valence electrons. The third-order valence-corrected chi connectivity index (χ3v) is 7.15. The van der Waals surface area contributed by atoms with Crippen LogP contribution in [0.25, 0.3) is 11.3 Å². The summed E-state index contributed by atoms with van der Waals surface area (Å²) in [4.78, 5) is 34.1. The highest BCUT2D eigenvalue weighted by atomic mass is 35.5. The number of likely N-dealkylation sites (N-methyl/N-ethyl adjacent to an activating group) is 1. The normalized spacial score (nSPS) is 17.5. The first-order chi connectivity index (χ1) is 16.0. The van der Waals surface area contributed by atoms with E-state index < -0.39 is 0 Å². The van der Waals surface area contributed by atoms with Crippen LogP contribution in [-0.2, 0) is 9.59 Å². The average Bonchev–Trinajstić information content (AvgIpc) is 3.42. The molecule has 2 aliphatic heterocycles. The van der Waals surface area contributed by atoms with Crippen LogP contribution in [0.2, 0.25) is 5.02 Å². The second-order valence-electron chi connectivity index (χ2n) is 8.95. The summed E-state index contributed by atoms with van der Waals surface area (Å²) in [6, 6.07) is 15.8. The van der Waals surface area contributed by atoms with Gasteiger partial charge >= 0.3 is 0 Å². The Kier molecular flexibility index (Phi) is 5.94. The molecule has 0 radical (unpaired) electrons. The molecule has 1 fully saturated rings. The summed E-state index contributed by atoms with van der Waals surface area (Å²) >= 11 is 6.07. The molecule has 1 atom stereocenters. The number of nitrogens with zero attached hydrogens (tertiary/aromatic N) is 4. The molecule has 7 heteroatoms. The van der Waals surface area contributed by atoms with Crippen molar-refractivity contribution in [1.29, 1.82) is 0 Å². The fourth-order valence-electron chi connectivity index (χ4n) is 5.06. The number of ketones is 1. The minimum atomic E-state index is -0.000516. The van der Waals surface area contributed by atoms with E-state index >= 15 is 0 Å². The van der Waals surface area contributed by atoms with Crippen molar-refractivity contribution >= 4 is 29.0 Å². The Balaban J connectivity index is 1.17. The summed E-state index contributed by atoms with van der Waals surface area (Å²) in [7, 11) is 1.89. The van der Waals surface area contributed by atoms with Crippen molar-refractivity contribution in [3.05, 3.63) is 71.6 Å². The van der Waals surface area contributed by atoms with Gasteiger partial charge in [0.15, 0.2) is 0 Å². The van der Waals surface area contributed by atoms with E-state index in [9.17, 15) is 9.59 Å². The van der Waals surface area contributed by atoms with Crippen molar-refractivity contribution in [3.8, 4) is 11.3 Å². The summed E-state index contributed by atoms with van der Waals surface area (Å²) < 4.78 is 2.12. The van der Waals surface area contributed by atoms with Gasteiger partial charge in [-0.25, -0.2) is 4.98 Å². The van der Waals surface area contributed by atoms with Crippen molar-refractivity contribution in [3.63, 3.8) is 0 Å². The highest BCUT2D eigenvalue weighted by Crippen LogP contribution is 2.41. The molecule has 5 rings (SSSR count). The van der Waals surface area contributed by atoms with Gasteiger partial charge in [-0.2, -0.15) is 0 Å². The Hall–Kier alpha value is -3.12. The van der Waals surface area contributed by atoms with Gasteiger partial charge in [-0.3, -0.25) is 9.59 Å². The van der Waals surface area contributed by atoms with Gasteiger partial charge in [0.05, 0.1) is 30.8 Å². The SMILES string of the molecule is CN(CC(=O)N1CCC(C(=O)CC2c3ccccc3-c3cncn32)CC1)c1cccc(Cl)c1. The number of piperidine rings is 1. The van der Waals surface area contributed by atoms with Gasteiger partial charge in [0.25, 0.3) is 0 Å². The number of amides is 1. The Morgan fingerprint density at radius 2 is 1.91 bits per heavy atom. The van der Waals surface area contributed by atoms with Gasteiger partial charge in [-0.15, -0.1) is 0 Å². The van der Waals surface area contributed by atoms with Crippen molar-refractivity contribution in [1.82, 2.24) is 14.5 Å². The standard InChI is InChI=1S/C26H27ClN4O2/c1-29(20-6-4-5-19(27)13-20)16-26(33)30-11-9-18(10-12-30)25(32)14-23-21-7-2-3-8-22(21)24-15-28-17-31(23)24/h2-8,13,15,17-18,23H,9-12,14,16H2,1H3. The van der Waals surface area contributed by atoms with E-state index in [1.165, 1.54) is 5.56 Å². The number of fused-ring (bicyclic) bond motifs is 3. The monoisotopic (exact) mass is 462 g/mol. The number of rotatable bonds is 6. The van der Waals surface area contributed by atoms with Crippen LogP contribution < -0.4 is 4.90 Å². The van der Waals surface area contributed by atoms with Crippen LogP contribution in [0.1, 0.15) is 30.9 Å². The molecule has 6 nitrogen and oxygen atoms in total. The number of Topliss-reactive ketones (excluding diaryl/α,β-unsaturated/α-hetero) is 1. The van der Waals surface area contributed by atoms with E-state index in [0.29, 0.717) is 31.1 Å². The largest absolute Gasteiger partial charge is 0.365 e. The molecule has 33 heavy (non-hydrogen) atoms. The van der Waals surface area contributed by atoms with Gasteiger partial charge in [-0.05, 0) is 36.6 Å². The summed E-state index contributed by atoms with van der Waals surface area (Å²) in [5.74, 6) is 0.357. The van der Waals surface area contributed by atoms with E-state index in [2.05, 4.69) is 21.7 Å². The number of anilines is 1. The molecule has 2 aromatic carbocycles. The fraction of sp³-hybridized carbons (Fsp3) is 0.346. The van der Waals surface area contributed by atoms with Crippen LogP contribution in [0, 0.1) is 5.92 Å². The van der Waals surface area contributed by atoms with Gasteiger partial charge in [-0.1, -0.05) is 41.9 Å². The van der Waals surface area contributed by atoms with Crippen molar-refractivity contribution < 1.29 is 9.59 Å². The zero-order chi connectivity index (χ0) is 22.9. The van der Waals surface area contributed by atoms with E-state index in [1.54, 1.807) is 0 Å². The van der Waals surface area contributed by atoms with E-state index in [0.717, 1.165) is 29.8 Å². The fourth-order valence-corrected chi connectivity index (χ4v) is 5.24. The molecule has 0 aliphatic carbocycles. The molecule has 3 aromatic rings. The van der Waals surface area contributed by atoms with E-state index in [-0.39, 0.29) is 23.7 Å². The quantitative estimate of drug-likeness (QED) is 0.543. The lowest BCUT2D eigenvalue weighted by Gasteiger charge is -2.33. The lowest BCUT2D eigenvalue weighted by Crippen LogP contribution is -2.44. The molecule has 1 aromatic heterocycles. The number of halogens is 1. The second-order valence-corrected chi connectivity index (χ2v) is 9.39. The predicted octanol–water partition coefficient (Wildman–Crippen LogP) is 4.44. The Morgan fingerprint density at radius 3 is 2.70 bits per heavy atom. The predicted molar refractivity (Wildman–Crippen MR) is 129 cm³/mol. The third-order valence-electron chi connectivity index (χ3n) is 6.92.